The maximum Gasteiger partial charge on any atom is 0.229 e. The fourth-order valence-corrected chi connectivity index (χ4v) is 1.33. The molecule has 0 fully saturated rings. The first-order valence-corrected chi connectivity index (χ1v) is 4.00. The summed E-state index contributed by atoms with van der Waals surface area (Å²) in [4.78, 5) is 19.2. The van der Waals surface area contributed by atoms with E-state index in [0.29, 0.717) is 5.65 Å². The molecule has 0 N–H and O–H groups in total. The van der Waals surface area contributed by atoms with Gasteiger partial charge in [-0.1, -0.05) is 0 Å². The number of fused-ring (bicyclic) bond motifs is 1. The van der Waals surface area contributed by atoms with Crippen molar-refractivity contribution in [3.63, 3.8) is 0 Å². The topological polar surface area (TPSA) is 47.8 Å². The number of carbonyl (C=O) groups excluding carboxylic acids is 1. The second-order valence-corrected chi connectivity index (χ2v) is 2.90. The van der Waals surface area contributed by atoms with E-state index in [4.69, 9.17) is 0 Å². The van der Waals surface area contributed by atoms with Gasteiger partial charge in [0.2, 0.25) is 5.91 Å². The summed E-state index contributed by atoms with van der Waals surface area (Å²) in [6.45, 7) is 3.41. The van der Waals surface area contributed by atoms with E-state index in [1.54, 1.807) is 6.20 Å². The number of carbonyl (C=O) groups is 1. The Bertz CT molecular complexity index is 473. The number of nitrogens with zero attached hydrogens (tertiary/aromatic N) is 3. The molecule has 0 unspecified atom stereocenters. The molecule has 0 spiro atoms. The van der Waals surface area contributed by atoms with Gasteiger partial charge >= 0.3 is 0 Å². The quantitative estimate of drug-likeness (QED) is 0.608. The largest absolute Gasteiger partial charge is 0.274 e. The molecular formula is C9H9N3O. The lowest BCUT2D eigenvalue weighted by molar-refractivity contribution is 0.0941. The molecule has 13 heavy (non-hydrogen) atoms. The maximum absolute atomic E-state index is 11.1. The van der Waals surface area contributed by atoms with Gasteiger partial charge in [-0.25, -0.2) is 9.97 Å². The van der Waals surface area contributed by atoms with Gasteiger partial charge in [0.05, 0.1) is 5.69 Å². The van der Waals surface area contributed by atoms with Crippen molar-refractivity contribution in [3.05, 3.63) is 24.3 Å². The van der Waals surface area contributed by atoms with Crippen molar-refractivity contribution in [3.8, 4) is 0 Å². The molecule has 0 aliphatic rings. The Kier molecular flexibility index (Phi) is 1.62. The van der Waals surface area contributed by atoms with Crippen LogP contribution in [0, 0.1) is 6.92 Å². The molecule has 0 aliphatic carbocycles. The Morgan fingerprint density at radius 2 is 2.23 bits per heavy atom. The minimum atomic E-state index is -0.0342. The van der Waals surface area contributed by atoms with Crippen LogP contribution in [0.25, 0.3) is 11.0 Å². The van der Waals surface area contributed by atoms with Crippen molar-refractivity contribution < 1.29 is 4.79 Å². The summed E-state index contributed by atoms with van der Waals surface area (Å²) >= 11 is 0. The van der Waals surface area contributed by atoms with E-state index in [-0.39, 0.29) is 5.91 Å². The molecule has 0 bridgehead atoms. The molecule has 66 valence electrons. The first kappa shape index (κ1) is 7.91. The molecule has 2 aromatic rings. The van der Waals surface area contributed by atoms with Crippen LogP contribution in [0.3, 0.4) is 0 Å². The molecule has 2 heterocycles. The third-order valence-electron chi connectivity index (χ3n) is 2.02. The molecule has 0 saturated heterocycles. The molecular weight excluding hydrogens is 166 g/mol. The summed E-state index contributed by atoms with van der Waals surface area (Å²) in [5.74, 6) is -0.0342. The normalized spacial score (nSPS) is 10.6. The van der Waals surface area contributed by atoms with E-state index in [0.717, 1.165) is 11.1 Å². The number of aryl methyl sites for hydroxylation is 1. The Labute approximate surface area is 75.2 Å². The van der Waals surface area contributed by atoms with Gasteiger partial charge in [-0.3, -0.25) is 9.36 Å². The van der Waals surface area contributed by atoms with E-state index in [2.05, 4.69) is 9.97 Å². The zero-order valence-corrected chi connectivity index (χ0v) is 7.48. The van der Waals surface area contributed by atoms with E-state index >= 15 is 0 Å². The molecule has 0 saturated carbocycles. The van der Waals surface area contributed by atoms with Crippen molar-refractivity contribution in [2.75, 3.05) is 0 Å². The maximum atomic E-state index is 11.1. The Morgan fingerprint density at radius 1 is 1.46 bits per heavy atom. The van der Waals surface area contributed by atoms with Crippen LogP contribution in [0.5, 0.6) is 0 Å². The van der Waals surface area contributed by atoms with Crippen LogP contribution < -0.4 is 0 Å². The number of hydrogen-bond donors (Lipinski definition) is 0. The van der Waals surface area contributed by atoms with Crippen LogP contribution in [0.1, 0.15) is 17.4 Å². The van der Waals surface area contributed by atoms with Gasteiger partial charge in [0.15, 0.2) is 0 Å². The van der Waals surface area contributed by atoms with Gasteiger partial charge < -0.3 is 0 Å². The lowest BCUT2D eigenvalue weighted by Crippen LogP contribution is -2.04. The number of hydrogen-bond acceptors (Lipinski definition) is 3. The predicted octanol–water partition coefficient (Wildman–Crippen LogP) is 1.40. The fourth-order valence-electron chi connectivity index (χ4n) is 1.33. The summed E-state index contributed by atoms with van der Waals surface area (Å²) < 4.78 is 1.52. The van der Waals surface area contributed by atoms with Gasteiger partial charge in [-0.15, -0.1) is 0 Å². The fraction of sp³-hybridized carbons (Fsp3) is 0.222. The zero-order chi connectivity index (χ0) is 9.42. The average Bonchev–Trinajstić information content (AvgIpc) is 2.48. The second-order valence-electron chi connectivity index (χ2n) is 2.90. The molecule has 4 nitrogen and oxygen atoms in total. The average molecular weight is 175 g/mol. The van der Waals surface area contributed by atoms with Gasteiger partial charge in [-0.05, 0) is 13.0 Å². The van der Waals surface area contributed by atoms with Crippen LogP contribution in [-0.2, 0) is 0 Å². The molecule has 2 aromatic heterocycles. The van der Waals surface area contributed by atoms with Crippen molar-refractivity contribution in [1.82, 2.24) is 14.5 Å². The van der Waals surface area contributed by atoms with Gasteiger partial charge in [0.25, 0.3) is 0 Å². The summed E-state index contributed by atoms with van der Waals surface area (Å²) in [6.07, 6.45) is 3.19. The summed E-state index contributed by atoms with van der Waals surface area (Å²) in [5.41, 5.74) is 1.57. The van der Waals surface area contributed by atoms with E-state index in [1.165, 1.54) is 17.8 Å². The molecule has 0 atom stereocenters. The van der Waals surface area contributed by atoms with Gasteiger partial charge in [-0.2, -0.15) is 0 Å². The summed E-state index contributed by atoms with van der Waals surface area (Å²) in [7, 11) is 0. The number of aromatic nitrogens is 3. The highest BCUT2D eigenvalue weighted by molar-refractivity contribution is 5.89. The second kappa shape index (κ2) is 2.65. The van der Waals surface area contributed by atoms with E-state index in [1.807, 2.05) is 13.0 Å². The third kappa shape index (κ3) is 1.11. The van der Waals surface area contributed by atoms with Crippen LogP contribution in [0.4, 0.5) is 0 Å². The highest BCUT2D eigenvalue weighted by Crippen LogP contribution is 2.14. The molecule has 2 rings (SSSR count). The summed E-state index contributed by atoms with van der Waals surface area (Å²) in [6, 6.07) is 1.85. The Balaban J connectivity index is 2.83. The van der Waals surface area contributed by atoms with E-state index in [9.17, 15) is 4.79 Å². The smallest absolute Gasteiger partial charge is 0.229 e. The van der Waals surface area contributed by atoms with Crippen molar-refractivity contribution in [2.24, 2.45) is 0 Å². The number of rotatable bonds is 0. The molecule has 0 aromatic carbocycles. The molecule has 4 heteroatoms. The Hall–Kier alpha value is -1.71. The van der Waals surface area contributed by atoms with Crippen molar-refractivity contribution >= 4 is 16.9 Å². The monoisotopic (exact) mass is 175 g/mol. The lowest BCUT2D eigenvalue weighted by atomic mass is 10.3. The molecule has 0 amide bonds. The highest BCUT2D eigenvalue weighted by atomic mass is 16.1. The minimum absolute atomic E-state index is 0.0342. The SMILES string of the molecule is CC(=O)n1ccc2c(C)ncnc21. The van der Waals surface area contributed by atoms with Gasteiger partial charge in [0, 0.05) is 18.5 Å². The lowest BCUT2D eigenvalue weighted by Gasteiger charge is -1.97. The van der Waals surface area contributed by atoms with Crippen LogP contribution in [0.15, 0.2) is 18.6 Å². The van der Waals surface area contributed by atoms with E-state index < -0.39 is 0 Å². The minimum Gasteiger partial charge on any atom is -0.274 e. The zero-order valence-electron chi connectivity index (χ0n) is 7.48. The molecule has 0 radical (unpaired) electrons. The van der Waals surface area contributed by atoms with Crippen molar-refractivity contribution in [2.45, 2.75) is 13.8 Å². The highest BCUT2D eigenvalue weighted by Gasteiger charge is 2.06. The predicted molar refractivity (Wildman–Crippen MR) is 48.6 cm³/mol. The first-order chi connectivity index (χ1) is 6.20. The van der Waals surface area contributed by atoms with Gasteiger partial charge in [0.1, 0.15) is 12.0 Å². The van der Waals surface area contributed by atoms with Crippen LogP contribution in [-0.4, -0.2) is 20.4 Å². The standard InChI is InChI=1S/C9H9N3O/c1-6-8-3-4-12(7(2)13)9(8)11-5-10-6/h3-5H,1-2H3. The van der Waals surface area contributed by atoms with Crippen LogP contribution >= 0.6 is 0 Å². The van der Waals surface area contributed by atoms with Crippen molar-refractivity contribution in [1.29, 1.82) is 0 Å². The third-order valence-corrected chi connectivity index (χ3v) is 2.02. The first-order valence-electron chi connectivity index (χ1n) is 4.00. The molecule has 0 aliphatic heterocycles. The summed E-state index contributed by atoms with van der Waals surface area (Å²) in [5, 5.41) is 0.928. The Morgan fingerprint density at radius 3 is 2.92 bits per heavy atom. The van der Waals surface area contributed by atoms with Crippen LogP contribution in [0.2, 0.25) is 0 Å².